The van der Waals surface area contributed by atoms with E-state index >= 15 is 0 Å². The number of carboxylic acids is 1. The Morgan fingerprint density at radius 3 is 2.34 bits per heavy atom. The van der Waals surface area contributed by atoms with Crippen molar-refractivity contribution in [1.82, 2.24) is 25.4 Å². The van der Waals surface area contributed by atoms with E-state index in [0.29, 0.717) is 18.4 Å². The number of carbonyl (C=O) groups excluding carboxylic acids is 5. The molecule has 2 aromatic rings. The number of benzene rings is 1. The second-order valence-corrected chi connectivity index (χ2v) is 18.0. The monoisotopic (exact) mass is 888 g/mol. The first-order chi connectivity index (χ1) is 29.1. The summed E-state index contributed by atoms with van der Waals surface area (Å²) in [7, 11) is 1.88. The SMILES string of the molecule is CCC(C)[C@H](NC(=O)[C@H]1CCCCN1C)C(=O)N(COC(=O)CC(C)C)[C@H](C[C@@H](OC(C)=O)c1nc(C(=O)N[C@@H](Cc2ccc(O)c([N+](=O)[O-])c2)C[C@H](C)C(=O)O)cs1)C(C)C. The van der Waals surface area contributed by atoms with Crippen molar-refractivity contribution in [1.29, 1.82) is 0 Å². The maximum Gasteiger partial charge on any atom is 0.310 e. The second kappa shape index (κ2) is 23.9. The third-order valence-electron chi connectivity index (χ3n) is 11.1. The minimum atomic E-state index is -1.11. The van der Waals surface area contributed by atoms with Crippen LogP contribution in [-0.4, -0.2) is 110 Å². The lowest BCUT2D eigenvalue weighted by atomic mass is 9.92. The standard InChI is InChI=1S/C43H64N6O12S/c1-10-26(6)38(46-40(54)32-13-11-12-16-47(32)9)42(55)48(23-60-37(52)17-24(2)3)33(25(4)5)21-36(61-28(8)50)41-45-31(22-62-41)39(53)44-30(18-27(7)43(56)57)19-29-14-15-35(51)34(20-29)49(58)59/h14-15,20,22,24-27,30,32-33,36,38,51H,10-13,16-19,21,23H2,1-9H3,(H,44,53)(H,46,54)(H,56,57)/t26?,27-,30+,32+,33+,36+,38-/m0/s1. The van der Waals surface area contributed by atoms with Crippen LogP contribution in [0.5, 0.6) is 5.75 Å². The van der Waals surface area contributed by atoms with Gasteiger partial charge in [0.15, 0.2) is 18.6 Å². The highest BCUT2D eigenvalue weighted by atomic mass is 32.1. The highest BCUT2D eigenvalue weighted by Gasteiger charge is 2.39. The first kappa shape index (κ1) is 51.2. The van der Waals surface area contributed by atoms with Crippen LogP contribution in [0, 0.1) is 33.8 Å². The predicted octanol–water partition coefficient (Wildman–Crippen LogP) is 5.62. The number of likely N-dealkylation sites (tertiary alicyclic amines) is 1. The zero-order valence-electron chi connectivity index (χ0n) is 37.3. The van der Waals surface area contributed by atoms with Gasteiger partial charge in [0.1, 0.15) is 16.7 Å². The number of likely N-dealkylation sites (N-methyl/N-ethyl adjacent to an activating group) is 1. The number of rotatable bonds is 23. The minimum Gasteiger partial charge on any atom is -0.502 e. The average molecular weight is 889 g/mol. The fourth-order valence-corrected chi connectivity index (χ4v) is 8.24. The first-order valence-electron chi connectivity index (χ1n) is 21.2. The number of carbonyl (C=O) groups is 6. The zero-order chi connectivity index (χ0) is 46.4. The van der Waals surface area contributed by atoms with Crippen LogP contribution in [0.2, 0.25) is 0 Å². The predicted molar refractivity (Wildman–Crippen MR) is 230 cm³/mol. The summed E-state index contributed by atoms with van der Waals surface area (Å²) >= 11 is 1.03. The molecule has 0 saturated carbocycles. The molecule has 1 saturated heterocycles. The van der Waals surface area contributed by atoms with E-state index < -0.39 is 89.0 Å². The number of aromatic nitrogens is 1. The minimum absolute atomic E-state index is 0.00528. The van der Waals surface area contributed by atoms with Crippen LogP contribution in [0.4, 0.5) is 5.69 Å². The molecule has 7 atom stereocenters. The third kappa shape index (κ3) is 15.0. The lowest BCUT2D eigenvalue weighted by Gasteiger charge is -2.39. The Kier molecular flexibility index (Phi) is 19.7. The van der Waals surface area contributed by atoms with E-state index in [1.165, 1.54) is 30.2 Å². The summed E-state index contributed by atoms with van der Waals surface area (Å²) in [6.07, 6.45) is 2.01. The van der Waals surface area contributed by atoms with E-state index in [-0.39, 0.29) is 60.0 Å². The maximum absolute atomic E-state index is 14.8. The van der Waals surface area contributed by atoms with Crippen molar-refractivity contribution in [2.24, 2.45) is 23.7 Å². The normalized spacial score (nSPS) is 17.2. The lowest BCUT2D eigenvalue weighted by Crippen LogP contribution is -2.59. The summed E-state index contributed by atoms with van der Waals surface area (Å²) in [5.74, 6) is -5.78. The Bertz CT molecular complexity index is 1890. The van der Waals surface area contributed by atoms with Gasteiger partial charge in [-0.3, -0.25) is 43.8 Å². The number of carboxylic acid groups (broad SMARTS) is 1. The fraction of sp³-hybridized carbons (Fsp3) is 0.651. The van der Waals surface area contributed by atoms with E-state index in [9.17, 15) is 49.1 Å². The summed E-state index contributed by atoms with van der Waals surface area (Å²) in [5.41, 5.74) is -0.243. The molecule has 1 aromatic carbocycles. The molecule has 0 radical (unpaired) electrons. The van der Waals surface area contributed by atoms with Gasteiger partial charge in [-0.1, -0.05) is 67.4 Å². The summed E-state index contributed by atoms with van der Waals surface area (Å²) in [6.45, 7) is 14.2. The highest BCUT2D eigenvalue weighted by Crippen LogP contribution is 2.32. The van der Waals surface area contributed by atoms with Crippen LogP contribution >= 0.6 is 11.3 Å². The topological polar surface area (TPSA) is 248 Å². The lowest BCUT2D eigenvalue weighted by molar-refractivity contribution is -0.385. The van der Waals surface area contributed by atoms with E-state index in [2.05, 4.69) is 15.6 Å². The smallest absolute Gasteiger partial charge is 0.310 e. The van der Waals surface area contributed by atoms with Gasteiger partial charge in [-0.15, -0.1) is 11.3 Å². The molecule has 1 aliphatic rings. The van der Waals surface area contributed by atoms with Crippen LogP contribution in [-0.2, 0) is 39.9 Å². The molecule has 0 bridgehead atoms. The summed E-state index contributed by atoms with van der Waals surface area (Å²) in [4.78, 5) is 98.2. The Morgan fingerprint density at radius 2 is 1.76 bits per heavy atom. The molecular formula is C43H64N6O12S. The Labute approximate surface area is 367 Å². The largest absolute Gasteiger partial charge is 0.502 e. The molecule has 3 rings (SSSR count). The van der Waals surface area contributed by atoms with Gasteiger partial charge >= 0.3 is 23.6 Å². The molecule has 18 nitrogen and oxygen atoms in total. The van der Waals surface area contributed by atoms with Crippen LogP contribution < -0.4 is 10.6 Å². The number of esters is 2. The van der Waals surface area contributed by atoms with E-state index in [1.807, 2.05) is 53.5 Å². The molecule has 62 heavy (non-hydrogen) atoms. The van der Waals surface area contributed by atoms with Crippen LogP contribution in [0.15, 0.2) is 23.6 Å². The van der Waals surface area contributed by atoms with Gasteiger partial charge in [0.05, 0.1) is 16.9 Å². The summed E-state index contributed by atoms with van der Waals surface area (Å²) in [5, 5.41) is 38.5. The molecule has 344 valence electrons. The Balaban J connectivity index is 1.98. The highest BCUT2D eigenvalue weighted by molar-refractivity contribution is 7.09. The van der Waals surface area contributed by atoms with Gasteiger partial charge in [-0.2, -0.15) is 0 Å². The van der Waals surface area contributed by atoms with Crippen molar-refractivity contribution in [3.05, 3.63) is 50.0 Å². The van der Waals surface area contributed by atoms with E-state index in [1.54, 1.807) is 0 Å². The number of aliphatic carboxylic acids is 1. The third-order valence-corrected chi connectivity index (χ3v) is 12.1. The second-order valence-electron chi connectivity index (χ2n) is 17.1. The van der Waals surface area contributed by atoms with Crippen molar-refractivity contribution in [3.8, 4) is 5.75 Å². The van der Waals surface area contributed by atoms with Gasteiger partial charge in [-0.05, 0) is 68.7 Å². The maximum atomic E-state index is 14.8. The zero-order valence-corrected chi connectivity index (χ0v) is 38.1. The van der Waals surface area contributed by atoms with Gasteiger partial charge in [0, 0.05) is 43.3 Å². The number of phenols is 1. The summed E-state index contributed by atoms with van der Waals surface area (Å²) < 4.78 is 11.5. The Morgan fingerprint density at radius 1 is 1.06 bits per heavy atom. The van der Waals surface area contributed by atoms with Gasteiger partial charge in [-0.25, -0.2) is 4.98 Å². The van der Waals surface area contributed by atoms with Crippen LogP contribution in [0.25, 0.3) is 0 Å². The van der Waals surface area contributed by atoms with Gasteiger partial charge < -0.3 is 35.2 Å². The molecule has 1 aliphatic heterocycles. The van der Waals surface area contributed by atoms with E-state index in [4.69, 9.17) is 9.47 Å². The number of aromatic hydroxyl groups is 1. The number of thiazole rings is 1. The fourth-order valence-electron chi connectivity index (χ4n) is 7.40. The molecule has 3 amide bonds. The molecule has 4 N–H and O–H groups in total. The van der Waals surface area contributed by atoms with Crippen molar-refractivity contribution < 1.29 is 53.4 Å². The number of hydrogen-bond acceptors (Lipinski definition) is 14. The molecule has 1 fully saturated rings. The molecule has 2 heterocycles. The summed E-state index contributed by atoms with van der Waals surface area (Å²) in [6, 6.07) is 0.806. The number of amides is 3. The number of nitro benzene ring substituents is 1. The number of nitrogens with zero attached hydrogens (tertiary/aromatic N) is 4. The number of hydrogen-bond donors (Lipinski definition) is 4. The molecule has 1 unspecified atom stereocenters. The molecular weight excluding hydrogens is 825 g/mol. The molecule has 1 aromatic heterocycles. The number of piperidine rings is 1. The molecule has 0 spiro atoms. The van der Waals surface area contributed by atoms with Gasteiger partial charge in [0.25, 0.3) is 5.91 Å². The first-order valence-corrected chi connectivity index (χ1v) is 22.1. The van der Waals surface area contributed by atoms with Crippen LogP contribution in [0.1, 0.15) is 127 Å². The van der Waals surface area contributed by atoms with Crippen LogP contribution in [0.3, 0.4) is 0 Å². The number of nitro groups is 1. The number of ether oxygens (including phenoxy) is 2. The quantitative estimate of drug-likeness (QED) is 0.0458. The van der Waals surface area contributed by atoms with Gasteiger partial charge in [0.2, 0.25) is 11.8 Å². The molecule has 19 heteroatoms. The molecule has 0 aliphatic carbocycles. The van der Waals surface area contributed by atoms with Crippen molar-refractivity contribution >= 4 is 52.7 Å². The van der Waals surface area contributed by atoms with Crippen molar-refractivity contribution in [3.63, 3.8) is 0 Å². The number of phenolic OH excluding ortho intramolecular Hbond substituents is 1. The van der Waals surface area contributed by atoms with Crippen molar-refractivity contribution in [2.45, 2.75) is 137 Å². The number of nitrogens with one attached hydrogen (secondary N) is 2. The average Bonchev–Trinajstić information content (AvgIpc) is 3.69. The van der Waals surface area contributed by atoms with E-state index in [0.717, 1.165) is 42.9 Å². The Hall–Kier alpha value is -5.17. The van der Waals surface area contributed by atoms with Crippen molar-refractivity contribution in [2.75, 3.05) is 20.3 Å².